The van der Waals surface area contributed by atoms with Crippen molar-refractivity contribution in [2.75, 3.05) is 26.2 Å². The highest BCUT2D eigenvalue weighted by Crippen LogP contribution is 2.56. The average Bonchev–Trinajstić information content (AvgIpc) is 3.64. The maximum absolute atomic E-state index is 15.4. The first-order chi connectivity index (χ1) is 19.7. The minimum Gasteiger partial charge on any atom is -0.487 e. The number of hydrazine groups is 1. The lowest BCUT2D eigenvalue weighted by Crippen LogP contribution is -2.52. The quantitative estimate of drug-likeness (QED) is 0.444. The zero-order valence-electron chi connectivity index (χ0n) is 23.4. The summed E-state index contributed by atoms with van der Waals surface area (Å²) in [6.07, 6.45) is 6.84. The van der Waals surface area contributed by atoms with E-state index >= 15 is 4.39 Å². The summed E-state index contributed by atoms with van der Waals surface area (Å²) in [5.74, 6) is 3.32. The number of nitrogens with two attached hydrogens (primary N) is 2. The Bertz CT molecular complexity index is 1280. The fourth-order valence-electron chi connectivity index (χ4n) is 7.38. The topological polar surface area (TPSA) is 142 Å². The van der Waals surface area contributed by atoms with Crippen molar-refractivity contribution < 1.29 is 28.6 Å². The molecule has 11 heteroatoms. The van der Waals surface area contributed by atoms with Gasteiger partial charge < -0.3 is 30.4 Å². The van der Waals surface area contributed by atoms with Crippen molar-refractivity contribution in [2.24, 2.45) is 28.8 Å². The van der Waals surface area contributed by atoms with E-state index in [1.54, 1.807) is 20.9 Å². The highest BCUT2D eigenvalue weighted by Gasteiger charge is 2.56. The normalized spacial score (nSPS) is 28.5. The summed E-state index contributed by atoms with van der Waals surface area (Å²) >= 11 is 0. The zero-order chi connectivity index (χ0) is 28.9. The first kappa shape index (κ1) is 27.8. The molecule has 0 radical (unpaired) electrons. The van der Waals surface area contributed by atoms with Crippen molar-refractivity contribution in [2.45, 2.75) is 76.8 Å². The highest BCUT2D eigenvalue weighted by molar-refractivity contribution is 5.87. The maximum Gasteiger partial charge on any atom is 0.307 e. The van der Waals surface area contributed by atoms with Crippen molar-refractivity contribution in [3.8, 4) is 5.75 Å². The maximum atomic E-state index is 15.4. The summed E-state index contributed by atoms with van der Waals surface area (Å²) in [7, 11) is 0. The van der Waals surface area contributed by atoms with Crippen LogP contribution in [0.4, 0.5) is 4.39 Å². The minimum atomic E-state index is -0.971. The molecule has 10 nitrogen and oxygen atoms in total. The number of allylic oxidation sites excluding steroid dienone is 1. The molecule has 1 aromatic carbocycles. The van der Waals surface area contributed by atoms with Gasteiger partial charge in [0.05, 0.1) is 23.2 Å². The molecule has 6 rings (SSSR count). The number of carboxylic acid groups (broad SMARTS) is 1. The predicted molar refractivity (Wildman–Crippen MR) is 147 cm³/mol. The number of aliphatic carboxylic acids is 1. The van der Waals surface area contributed by atoms with E-state index in [1.165, 1.54) is 6.07 Å². The summed E-state index contributed by atoms with van der Waals surface area (Å²) in [4.78, 5) is 43.1. The average molecular weight is 570 g/mol. The fourth-order valence-corrected chi connectivity index (χ4v) is 7.38. The summed E-state index contributed by atoms with van der Waals surface area (Å²) in [5.41, 5.74) is 8.51. The third-order valence-corrected chi connectivity index (χ3v) is 9.87. The predicted octanol–water partition coefficient (Wildman–Crippen LogP) is 3.02. The lowest BCUT2D eigenvalue weighted by atomic mass is 9.78. The van der Waals surface area contributed by atoms with E-state index in [4.69, 9.17) is 16.3 Å². The number of carboxylic acids is 1. The summed E-state index contributed by atoms with van der Waals surface area (Å²) in [5, 5.41) is 11.6. The van der Waals surface area contributed by atoms with E-state index in [-0.39, 0.29) is 36.8 Å². The molecule has 222 valence electrons. The van der Waals surface area contributed by atoms with Gasteiger partial charge in [-0.15, -0.1) is 0 Å². The van der Waals surface area contributed by atoms with E-state index in [0.29, 0.717) is 54.9 Å². The number of benzene rings is 1. The van der Waals surface area contributed by atoms with Gasteiger partial charge in [-0.2, -0.15) is 0 Å². The largest absolute Gasteiger partial charge is 0.487 e. The first-order valence-electron chi connectivity index (χ1n) is 15.0. The van der Waals surface area contributed by atoms with E-state index in [1.807, 2.05) is 0 Å². The minimum absolute atomic E-state index is 0.0311. The lowest BCUT2D eigenvalue weighted by molar-refractivity contribution is -0.157. The van der Waals surface area contributed by atoms with Crippen LogP contribution in [0.1, 0.15) is 81.5 Å². The van der Waals surface area contributed by atoms with Gasteiger partial charge in [-0.1, -0.05) is 12.8 Å². The monoisotopic (exact) mass is 569 g/mol. The van der Waals surface area contributed by atoms with Crippen LogP contribution in [0, 0.1) is 23.1 Å². The number of fused-ring (bicyclic) bond motifs is 1. The molecule has 2 saturated heterocycles. The van der Waals surface area contributed by atoms with Crippen molar-refractivity contribution >= 4 is 17.8 Å². The lowest BCUT2D eigenvalue weighted by Gasteiger charge is -2.45. The van der Waals surface area contributed by atoms with E-state index in [9.17, 15) is 19.5 Å². The molecule has 4 fully saturated rings. The van der Waals surface area contributed by atoms with Crippen LogP contribution in [-0.2, 0) is 20.8 Å². The number of piperidine rings is 1. The van der Waals surface area contributed by atoms with Crippen LogP contribution in [0.3, 0.4) is 0 Å². The molecule has 5 N–H and O–H groups in total. The number of ether oxygens (including phenoxy) is 1. The van der Waals surface area contributed by atoms with Gasteiger partial charge in [0.1, 0.15) is 24.3 Å². The molecule has 3 aliphatic heterocycles. The van der Waals surface area contributed by atoms with Gasteiger partial charge in [0.25, 0.3) is 0 Å². The second-order valence-electron chi connectivity index (χ2n) is 12.5. The molecule has 3 atom stereocenters. The van der Waals surface area contributed by atoms with Crippen molar-refractivity contribution in [1.82, 2.24) is 14.8 Å². The van der Waals surface area contributed by atoms with Gasteiger partial charge in [-0.05, 0) is 68.9 Å². The Morgan fingerprint density at radius 2 is 1.83 bits per heavy atom. The van der Waals surface area contributed by atoms with Crippen LogP contribution in [0.2, 0.25) is 0 Å². The Kier molecular flexibility index (Phi) is 7.33. The molecule has 5 aliphatic rings. The zero-order valence-corrected chi connectivity index (χ0v) is 23.4. The molecular formula is C30H40FN5O5. The van der Waals surface area contributed by atoms with Crippen molar-refractivity contribution in [3.63, 3.8) is 0 Å². The van der Waals surface area contributed by atoms with Gasteiger partial charge in [-0.3, -0.25) is 14.4 Å². The number of carbonyl (C=O) groups excluding carboxylic acids is 2. The SMILES string of the molecule is N/C(COc1ccc(F)c2c1C(N1CC3(CC3)CC1=O)N(C(=O)C1CCCCC1C(=O)O)CC2)=C1/CCCCN1N. The van der Waals surface area contributed by atoms with Gasteiger partial charge in [-0.25, -0.2) is 10.2 Å². The van der Waals surface area contributed by atoms with Crippen LogP contribution >= 0.6 is 0 Å². The Morgan fingerprint density at radius 3 is 2.51 bits per heavy atom. The van der Waals surface area contributed by atoms with Gasteiger partial charge in [0.15, 0.2) is 0 Å². The molecule has 3 heterocycles. The number of rotatable bonds is 6. The van der Waals surface area contributed by atoms with Crippen LogP contribution in [0.25, 0.3) is 0 Å². The van der Waals surface area contributed by atoms with Crippen molar-refractivity contribution in [1.29, 1.82) is 0 Å². The summed E-state index contributed by atoms with van der Waals surface area (Å²) in [6.45, 7) is 1.42. The number of halogens is 1. The number of likely N-dealkylation sites (tertiary alicyclic amines) is 1. The van der Waals surface area contributed by atoms with Crippen LogP contribution in [-0.4, -0.2) is 63.9 Å². The molecule has 1 aromatic rings. The number of hydrogen-bond acceptors (Lipinski definition) is 7. The molecule has 2 saturated carbocycles. The van der Waals surface area contributed by atoms with Gasteiger partial charge >= 0.3 is 5.97 Å². The number of amides is 2. The highest BCUT2D eigenvalue weighted by atomic mass is 19.1. The number of carbonyl (C=O) groups is 3. The number of hydrogen-bond donors (Lipinski definition) is 3. The second-order valence-corrected chi connectivity index (χ2v) is 12.5. The number of nitrogens with zero attached hydrogens (tertiary/aromatic N) is 3. The molecule has 0 bridgehead atoms. The third-order valence-electron chi connectivity index (χ3n) is 9.87. The third kappa shape index (κ3) is 5.13. The molecule has 1 spiro atoms. The molecular weight excluding hydrogens is 529 g/mol. The van der Waals surface area contributed by atoms with E-state index < -0.39 is 29.8 Å². The second kappa shape index (κ2) is 10.8. The van der Waals surface area contributed by atoms with E-state index in [2.05, 4.69) is 0 Å². The molecule has 0 aromatic heterocycles. The van der Waals surface area contributed by atoms with Gasteiger partial charge in [0, 0.05) is 37.2 Å². The summed E-state index contributed by atoms with van der Waals surface area (Å²) in [6, 6.07) is 2.90. The Balaban J connectivity index is 1.38. The molecule has 2 aliphatic carbocycles. The van der Waals surface area contributed by atoms with Crippen LogP contribution in [0.15, 0.2) is 23.5 Å². The first-order valence-corrected chi connectivity index (χ1v) is 15.0. The van der Waals surface area contributed by atoms with Gasteiger partial charge in [0.2, 0.25) is 11.8 Å². The van der Waals surface area contributed by atoms with E-state index in [0.717, 1.165) is 50.6 Å². The fraction of sp³-hybridized carbons (Fsp3) is 0.633. The van der Waals surface area contributed by atoms with Crippen molar-refractivity contribution in [3.05, 3.63) is 40.5 Å². The van der Waals surface area contributed by atoms with Crippen LogP contribution in [0.5, 0.6) is 5.75 Å². The Hall–Kier alpha value is -3.34. The molecule has 41 heavy (non-hydrogen) atoms. The Labute approximate surface area is 239 Å². The molecule has 2 amide bonds. The summed E-state index contributed by atoms with van der Waals surface area (Å²) < 4.78 is 21.6. The van der Waals surface area contributed by atoms with Crippen LogP contribution < -0.4 is 16.3 Å². The Morgan fingerprint density at radius 1 is 1.07 bits per heavy atom. The smallest absolute Gasteiger partial charge is 0.307 e. The standard InChI is InChI=1S/C30H40FN5O5/c31-21-8-9-24(41-16-22(32)23-7-3-4-13-36(23)33)26-20(21)10-14-34(27(26)35-17-30(11-12-30)15-25(35)37)28(38)18-5-1-2-6-19(18)29(39)40/h8-9,18-19,27H,1-7,10-17,32-33H2,(H,39,40)/b23-22-. The molecule has 3 unspecified atom stereocenters.